The van der Waals surface area contributed by atoms with Crippen LogP contribution in [0.3, 0.4) is 0 Å². The van der Waals surface area contributed by atoms with E-state index in [0.29, 0.717) is 17.6 Å². The van der Waals surface area contributed by atoms with Gasteiger partial charge >= 0.3 is 0 Å². The molecule has 0 spiro atoms. The molecule has 3 heteroatoms. The van der Waals surface area contributed by atoms with Gasteiger partial charge in [0, 0.05) is 16.0 Å². The standard InChI is InChI=1S/C13H16OS2/c1-4-14-13(16)11-8-6-5-7-10(11)12(15)9(2)3/h5-9H,4H2,1-3H3. The lowest BCUT2D eigenvalue weighted by Crippen LogP contribution is -2.13. The Balaban J connectivity index is 3.10. The van der Waals surface area contributed by atoms with Crippen molar-refractivity contribution in [3.05, 3.63) is 35.4 Å². The molecule has 0 amide bonds. The smallest absolute Gasteiger partial charge is 0.191 e. The van der Waals surface area contributed by atoms with Crippen molar-refractivity contribution in [2.45, 2.75) is 20.8 Å². The second-order valence-corrected chi connectivity index (χ2v) is 4.60. The first-order chi connectivity index (χ1) is 7.57. The molecule has 1 aromatic rings. The Bertz CT molecular complexity index is 397. The van der Waals surface area contributed by atoms with E-state index >= 15 is 0 Å². The Labute approximate surface area is 108 Å². The van der Waals surface area contributed by atoms with Crippen LogP contribution in [0.1, 0.15) is 31.9 Å². The lowest BCUT2D eigenvalue weighted by atomic mass is 9.98. The third kappa shape index (κ3) is 3.09. The Morgan fingerprint density at radius 1 is 1.19 bits per heavy atom. The van der Waals surface area contributed by atoms with Gasteiger partial charge in [0.25, 0.3) is 0 Å². The normalized spacial score (nSPS) is 10.2. The summed E-state index contributed by atoms with van der Waals surface area (Å²) in [5.41, 5.74) is 1.95. The molecular formula is C13H16OS2. The summed E-state index contributed by atoms with van der Waals surface area (Å²) in [5.74, 6) is 0.334. The van der Waals surface area contributed by atoms with Crippen LogP contribution in [-0.4, -0.2) is 16.5 Å². The molecule has 0 aliphatic rings. The second-order valence-electron chi connectivity index (χ2n) is 3.79. The maximum absolute atomic E-state index is 5.42. The van der Waals surface area contributed by atoms with Gasteiger partial charge < -0.3 is 4.74 Å². The number of hydrogen-bond donors (Lipinski definition) is 0. The summed E-state index contributed by atoms with van der Waals surface area (Å²) in [5, 5.41) is 0.529. The molecule has 0 unspecified atom stereocenters. The van der Waals surface area contributed by atoms with Gasteiger partial charge in [-0.2, -0.15) is 0 Å². The van der Waals surface area contributed by atoms with Crippen molar-refractivity contribution in [2.24, 2.45) is 5.92 Å². The quantitative estimate of drug-likeness (QED) is 0.596. The largest absolute Gasteiger partial charge is 0.483 e. The van der Waals surface area contributed by atoms with Crippen molar-refractivity contribution < 1.29 is 4.74 Å². The summed E-state index contributed by atoms with van der Waals surface area (Å²) >= 11 is 10.7. The fourth-order valence-corrected chi connectivity index (χ4v) is 1.87. The van der Waals surface area contributed by atoms with E-state index < -0.39 is 0 Å². The number of thiocarbonyl (C=S) groups is 2. The van der Waals surface area contributed by atoms with Crippen LogP contribution in [-0.2, 0) is 4.74 Å². The number of benzene rings is 1. The first-order valence-electron chi connectivity index (χ1n) is 5.38. The van der Waals surface area contributed by atoms with Gasteiger partial charge in [0.05, 0.1) is 6.61 Å². The molecule has 0 bridgehead atoms. The SMILES string of the molecule is CCOC(=S)c1ccccc1C(=S)C(C)C. The summed E-state index contributed by atoms with van der Waals surface area (Å²) in [6, 6.07) is 7.89. The average molecular weight is 252 g/mol. The van der Waals surface area contributed by atoms with E-state index in [2.05, 4.69) is 13.8 Å². The average Bonchev–Trinajstić information content (AvgIpc) is 2.28. The van der Waals surface area contributed by atoms with Crippen molar-refractivity contribution >= 4 is 34.4 Å². The maximum Gasteiger partial charge on any atom is 0.191 e. The Hall–Kier alpha value is -0.800. The zero-order valence-electron chi connectivity index (χ0n) is 9.82. The molecule has 16 heavy (non-hydrogen) atoms. The lowest BCUT2D eigenvalue weighted by molar-refractivity contribution is 0.337. The minimum absolute atomic E-state index is 0.334. The zero-order valence-corrected chi connectivity index (χ0v) is 11.5. The number of rotatable bonds is 4. The van der Waals surface area contributed by atoms with E-state index in [1.807, 2.05) is 31.2 Å². The zero-order chi connectivity index (χ0) is 12.1. The Morgan fingerprint density at radius 2 is 1.75 bits per heavy atom. The Kier molecular flexibility index (Phi) is 5.03. The Morgan fingerprint density at radius 3 is 2.25 bits per heavy atom. The van der Waals surface area contributed by atoms with Crippen LogP contribution in [0.25, 0.3) is 0 Å². The van der Waals surface area contributed by atoms with Crippen LogP contribution in [0.4, 0.5) is 0 Å². The van der Waals surface area contributed by atoms with Crippen molar-refractivity contribution in [3.8, 4) is 0 Å². The van der Waals surface area contributed by atoms with Crippen molar-refractivity contribution in [3.63, 3.8) is 0 Å². The summed E-state index contributed by atoms with van der Waals surface area (Å²) in [7, 11) is 0. The fourth-order valence-electron chi connectivity index (χ4n) is 1.40. The van der Waals surface area contributed by atoms with Gasteiger partial charge in [-0.05, 0) is 31.1 Å². The molecule has 0 heterocycles. The molecule has 86 valence electrons. The molecule has 0 radical (unpaired) electrons. The molecule has 0 aliphatic carbocycles. The molecule has 0 saturated heterocycles. The van der Waals surface area contributed by atoms with Crippen LogP contribution < -0.4 is 0 Å². The van der Waals surface area contributed by atoms with Gasteiger partial charge in [-0.15, -0.1) is 0 Å². The van der Waals surface area contributed by atoms with Gasteiger partial charge in [-0.25, -0.2) is 0 Å². The summed E-state index contributed by atoms with van der Waals surface area (Å²) in [6.45, 7) is 6.68. The highest BCUT2D eigenvalue weighted by atomic mass is 32.1. The van der Waals surface area contributed by atoms with Gasteiger partial charge in [0.15, 0.2) is 5.05 Å². The molecule has 0 aromatic heterocycles. The summed E-state index contributed by atoms with van der Waals surface area (Å²) in [4.78, 5) is 0.928. The van der Waals surface area contributed by atoms with E-state index in [1.165, 1.54) is 0 Å². The van der Waals surface area contributed by atoms with Gasteiger partial charge in [-0.1, -0.05) is 44.3 Å². The third-order valence-corrected chi connectivity index (χ3v) is 3.24. The van der Waals surface area contributed by atoms with E-state index in [9.17, 15) is 0 Å². The van der Waals surface area contributed by atoms with Crippen molar-refractivity contribution in [1.82, 2.24) is 0 Å². The highest BCUT2D eigenvalue weighted by Crippen LogP contribution is 2.16. The highest BCUT2D eigenvalue weighted by molar-refractivity contribution is 7.81. The van der Waals surface area contributed by atoms with Gasteiger partial charge in [0.1, 0.15) is 0 Å². The van der Waals surface area contributed by atoms with E-state index in [-0.39, 0.29) is 0 Å². The maximum atomic E-state index is 5.42. The topological polar surface area (TPSA) is 9.23 Å². The molecule has 1 nitrogen and oxygen atoms in total. The number of hydrogen-bond acceptors (Lipinski definition) is 3. The number of ether oxygens (including phenoxy) is 1. The predicted octanol–water partition coefficient (Wildman–Crippen LogP) is 3.77. The van der Waals surface area contributed by atoms with Crippen LogP contribution in [0.15, 0.2) is 24.3 Å². The summed E-state index contributed by atoms with van der Waals surface area (Å²) < 4.78 is 5.37. The minimum atomic E-state index is 0.334. The van der Waals surface area contributed by atoms with Gasteiger partial charge in [-0.3, -0.25) is 0 Å². The van der Waals surface area contributed by atoms with Crippen LogP contribution >= 0.6 is 24.4 Å². The lowest BCUT2D eigenvalue weighted by Gasteiger charge is -2.13. The molecule has 1 rings (SSSR count). The van der Waals surface area contributed by atoms with E-state index in [4.69, 9.17) is 29.2 Å². The van der Waals surface area contributed by atoms with Crippen LogP contribution in [0.2, 0.25) is 0 Å². The molecule has 0 atom stereocenters. The molecule has 1 aromatic carbocycles. The van der Waals surface area contributed by atoms with Gasteiger partial charge in [0.2, 0.25) is 0 Å². The van der Waals surface area contributed by atoms with Crippen LogP contribution in [0, 0.1) is 5.92 Å². The predicted molar refractivity (Wildman–Crippen MR) is 76.3 cm³/mol. The molecule has 0 saturated carbocycles. The van der Waals surface area contributed by atoms with Crippen molar-refractivity contribution in [1.29, 1.82) is 0 Å². The molecule has 0 aliphatic heterocycles. The molecular weight excluding hydrogens is 236 g/mol. The third-order valence-electron chi connectivity index (χ3n) is 2.21. The summed E-state index contributed by atoms with van der Waals surface area (Å²) in [6.07, 6.45) is 0. The highest BCUT2D eigenvalue weighted by Gasteiger charge is 2.13. The van der Waals surface area contributed by atoms with E-state index in [1.54, 1.807) is 0 Å². The van der Waals surface area contributed by atoms with E-state index in [0.717, 1.165) is 16.0 Å². The second kappa shape index (κ2) is 6.06. The minimum Gasteiger partial charge on any atom is -0.483 e. The van der Waals surface area contributed by atoms with Crippen molar-refractivity contribution in [2.75, 3.05) is 6.61 Å². The van der Waals surface area contributed by atoms with Crippen LogP contribution in [0.5, 0.6) is 0 Å². The fraction of sp³-hybridized carbons (Fsp3) is 0.385. The first kappa shape index (κ1) is 13.3. The first-order valence-corrected chi connectivity index (χ1v) is 6.20. The molecule has 0 N–H and O–H groups in total. The monoisotopic (exact) mass is 252 g/mol. The molecule has 0 fully saturated rings.